The standard InChI is InChI=1S/C16H14FN3O/c1-11-5-4-6-13(17)16(11)18-10-12-9-15(21)20-8-3-2-7-14(20)19-12/h2-9,18H,10H2,1H3. The van der Waals surface area contributed by atoms with Gasteiger partial charge in [0.05, 0.1) is 17.9 Å². The number of aryl methyl sites for hydroxylation is 1. The van der Waals surface area contributed by atoms with Gasteiger partial charge < -0.3 is 5.32 Å². The number of rotatable bonds is 3. The van der Waals surface area contributed by atoms with Crippen molar-refractivity contribution in [3.05, 3.63) is 76.1 Å². The van der Waals surface area contributed by atoms with Crippen molar-refractivity contribution in [2.45, 2.75) is 13.5 Å². The zero-order valence-corrected chi connectivity index (χ0v) is 11.5. The van der Waals surface area contributed by atoms with Crippen LogP contribution in [0.3, 0.4) is 0 Å². The lowest BCUT2D eigenvalue weighted by atomic mass is 10.2. The van der Waals surface area contributed by atoms with Crippen molar-refractivity contribution in [1.29, 1.82) is 0 Å². The maximum absolute atomic E-state index is 13.7. The number of pyridine rings is 1. The third-order valence-electron chi connectivity index (χ3n) is 3.29. The van der Waals surface area contributed by atoms with Gasteiger partial charge in [-0.3, -0.25) is 9.20 Å². The summed E-state index contributed by atoms with van der Waals surface area (Å²) in [5.41, 5.74) is 2.25. The lowest BCUT2D eigenvalue weighted by molar-refractivity contribution is 0.629. The minimum absolute atomic E-state index is 0.150. The number of nitrogens with one attached hydrogen (secondary N) is 1. The summed E-state index contributed by atoms with van der Waals surface area (Å²) in [5.74, 6) is -0.312. The zero-order valence-electron chi connectivity index (χ0n) is 11.5. The van der Waals surface area contributed by atoms with E-state index >= 15 is 0 Å². The van der Waals surface area contributed by atoms with Crippen LogP contribution in [0.1, 0.15) is 11.3 Å². The third kappa shape index (κ3) is 2.63. The molecule has 3 aromatic rings. The van der Waals surface area contributed by atoms with Crippen LogP contribution in [-0.4, -0.2) is 9.38 Å². The molecule has 0 saturated heterocycles. The summed E-state index contributed by atoms with van der Waals surface area (Å²) in [6.45, 7) is 2.12. The van der Waals surface area contributed by atoms with Crippen molar-refractivity contribution in [2.24, 2.45) is 0 Å². The van der Waals surface area contributed by atoms with Crippen LogP contribution in [0.25, 0.3) is 5.65 Å². The van der Waals surface area contributed by atoms with Crippen molar-refractivity contribution < 1.29 is 4.39 Å². The predicted octanol–water partition coefficient (Wildman–Crippen LogP) is 2.75. The van der Waals surface area contributed by atoms with Crippen LogP contribution in [-0.2, 0) is 6.54 Å². The number of halogens is 1. The van der Waals surface area contributed by atoms with Gasteiger partial charge in [0.15, 0.2) is 0 Å². The minimum Gasteiger partial charge on any atom is -0.377 e. The second-order valence-electron chi connectivity index (χ2n) is 4.80. The molecule has 1 N–H and O–H groups in total. The van der Waals surface area contributed by atoms with Crippen LogP contribution in [0.2, 0.25) is 0 Å². The van der Waals surface area contributed by atoms with E-state index in [0.717, 1.165) is 5.56 Å². The highest BCUT2D eigenvalue weighted by Gasteiger charge is 2.06. The van der Waals surface area contributed by atoms with Gasteiger partial charge in [0, 0.05) is 12.3 Å². The number of fused-ring (bicyclic) bond motifs is 1. The molecule has 0 aliphatic rings. The van der Waals surface area contributed by atoms with Crippen LogP contribution in [0.5, 0.6) is 0 Å². The molecule has 2 heterocycles. The Morgan fingerprint density at radius 2 is 2.10 bits per heavy atom. The molecule has 3 rings (SSSR count). The van der Waals surface area contributed by atoms with Gasteiger partial charge in [-0.25, -0.2) is 9.37 Å². The van der Waals surface area contributed by atoms with Gasteiger partial charge in [0.1, 0.15) is 11.5 Å². The molecule has 0 spiro atoms. The van der Waals surface area contributed by atoms with Crippen LogP contribution >= 0.6 is 0 Å². The van der Waals surface area contributed by atoms with Crippen LogP contribution in [0.4, 0.5) is 10.1 Å². The van der Waals surface area contributed by atoms with Crippen molar-refractivity contribution >= 4 is 11.3 Å². The van der Waals surface area contributed by atoms with E-state index in [1.807, 2.05) is 19.1 Å². The summed E-state index contributed by atoms with van der Waals surface area (Å²) in [5, 5.41) is 3.00. The fourth-order valence-electron chi connectivity index (χ4n) is 2.23. The Bertz CT molecular complexity index is 837. The summed E-state index contributed by atoms with van der Waals surface area (Å²) in [4.78, 5) is 16.4. The lowest BCUT2D eigenvalue weighted by Gasteiger charge is -2.10. The first-order chi connectivity index (χ1) is 10.1. The Morgan fingerprint density at radius 3 is 2.90 bits per heavy atom. The average Bonchev–Trinajstić information content (AvgIpc) is 2.47. The average molecular weight is 283 g/mol. The molecule has 106 valence electrons. The number of nitrogens with zero attached hydrogens (tertiary/aromatic N) is 2. The molecule has 0 aliphatic carbocycles. The van der Waals surface area contributed by atoms with E-state index in [2.05, 4.69) is 10.3 Å². The topological polar surface area (TPSA) is 46.4 Å². The number of anilines is 1. The Labute approximate surface area is 120 Å². The van der Waals surface area contributed by atoms with Crippen molar-refractivity contribution in [3.8, 4) is 0 Å². The van der Waals surface area contributed by atoms with E-state index in [4.69, 9.17) is 0 Å². The fraction of sp³-hybridized carbons (Fsp3) is 0.125. The van der Waals surface area contributed by atoms with Crippen LogP contribution < -0.4 is 10.9 Å². The van der Waals surface area contributed by atoms with E-state index in [-0.39, 0.29) is 11.4 Å². The van der Waals surface area contributed by atoms with E-state index in [1.165, 1.54) is 16.5 Å². The van der Waals surface area contributed by atoms with Crippen molar-refractivity contribution in [2.75, 3.05) is 5.32 Å². The summed E-state index contributed by atoms with van der Waals surface area (Å²) in [6, 6.07) is 11.7. The van der Waals surface area contributed by atoms with Gasteiger partial charge >= 0.3 is 0 Å². The first-order valence-electron chi connectivity index (χ1n) is 6.61. The van der Waals surface area contributed by atoms with Gasteiger partial charge in [-0.2, -0.15) is 0 Å². The van der Waals surface area contributed by atoms with Gasteiger partial charge in [-0.1, -0.05) is 18.2 Å². The van der Waals surface area contributed by atoms with Gasteiger partial charge in [-0.15, -0.1) is 0 Å². The molecule has 21 heavy (non-hydrogen) atoms. The summed E-state index contributed by atoms with van der Waals surface area (Å²) < 4.78 is 15.2. The highest BCUT2D eigenvalue weighted by atomic mass is 19.1. The van der Waals surface area contributed by atoms with E-state index in [0.29, 0.717) is 23.6 Å². The van der Waals surface area contributed by atoms with Crippen molar-refractivity contribution in [3.63, 3.8) is 0 Å². The monoisotopic (exact) mass is 283 g/mol. The molecule has 0 unspecified atom stereocenters. The molecular weight excluding hydrogens is 269 g/mol. The molecule has 0 radical (unpaired) electrons. The Balaban J connectivity index is 1.91. The molecule has 0 atom stereocenters. The maximum Gasteiger partial charge on any atom is 0.258 e. The van der Waals surface area contributed by atoms with E-state index in [9.17, 15) is 9.18 Å². The predicted molar refractivity (Wildman–Crippen MR) is 79.9 cm³/mol. The van der Waals surface area contributed by atoms with Crippen LogP contribution in [0, 0.1) is 12.7 Å². The molecule has 5 heteroatoms. The number of aromatic nitrogens is 2. The second kappa shape index (κ2) is 5.36. The number of hydrogen-bond acceptors (Lipinski definition) is 3. The molecule has 0 saturated carbocycles. The minimum atomic E-state index is -0.312. The van der Waals surface area contributed by atoms with Gasteiger partial charge in [-0.05, 0) is 30.7 Å². The molecule has 0 fully saturated rings. The molecule has 0 aliphatic heterocycles. The third-order valence-corrected chi connectivity index (χ3v) is 3.29. The summed E-state index contributed by atoms with van der Waals surface area (Å²) in [7, 11) is 0. The molecular formula is C16H14FN3O. The SMILES string of the molecule is Cc1cccc(F)c1NCc1cc(=O)n2ccccc2n1. The quantitative estimate of drug-likeness (QED) is 0.804. The molecule has 0 bridgehead atoms. The molecule has 4 nitrogen and oxygen atoms in total. The Morgan fingerprint density at radius 1 is 1.24 bits per heavy atom. The van der Waals surface area contributed by atoms with Gasteiger partial charge in [0.2, 0.25) is 0 Å². The Kier molecular flexibility index (Phi) is 3.39. The number of para-hydroxylation sites is 1. The Hall–Kier alpha value is -2.69. The smallest absolute Gasteiger partial charge is 0.258 e. The lowest BCUT2D eigenvalue weighted by Crippen LogP contribution is -2.16. The largest absolute Gasteiger partial charge is 0.377 e. The van der Waals surface area contributed by atoms with E-state index in [1.54, 1.807) is 24.4 Å². The summed E-state index contributed by atoms with van der Waals surface area (Å²) >= 11 is 0. The second-order valence-corrected chi connectivity index (χ2v) is 4.80. The summed E-state index contributed by atoms with van der Waals surface area (Å²) in [6.07, 6.45) is 1.67. The molecule has 0 amide bonds. The molecule has 1 aromatic carbocycles. The molecule has 2 aromatic heterocycles. The number of hydrogen-bond donors (Lipinski definition) is 1. The fourth-order valence-corrected chi connectivity index (χ4v) is 2.23. The van der Waals surface area contributed by atoms with E-state index < -0.39 is 0 Å². The first kappa shape index (κ1) is 13.3. The highest BCUT2D eigenvalue weighted by Crippen LogP contribution is 2.19. The van der Waals surface area contributed by atoms with Crippen molar-refractivity contribution in [1.82, 2.24) is 9.38 Å². The van der Waals surface area contributed by atoms with Crippen LogP contribution in [0.15, 0.2) is 53.5 Å². The zero-order chi connectivity index (χ0) is 14.8. The normalized spacial score (nSPS) is 10.8. The van der Waals surface area contributed by atoms with Gasteiger partial charge in [0.25, 0.3) is 5.56 Å². The first-order valence-corrected chi connectivity index (χ1v) is 6.61. The maximum atomic E-state index is 13.7. The number of benzene rings is 1. The highest BCUT2D eigenvalue weighted by molar-refractivity contribution is 5.52.